The lowest BCUT2D eigenvalue weighted by molar-refractivity contribution is -0.149. The SMILES string of the molecule is CCCCCOc1ccc(/C(O)=C/C(=O)C(=O)OC)cc1. The number of hydrogen-bond acceptors (Lipinski definition) is 5. The Bertz CT molecular complexity index is 502. The van der Waals surface area contributed by atoms with Crippen LogP contribution in [0.25, 0.3) is 5.76 Å². The number of hydrogen-bond donors (Lipinski definition) is 1. The molecule has 0 saturated heterocycles. The van der Waals surface area contributed by atoms with E-state index in [-0.39, 0.29) is 5.76 Å². The third kappa shape index (κ3) is 5.69. The minimum Gasteiger partial charge on any atom is -0.507 e. The molecule has 114 valence electrons. The molecule has 0 amide bonds. The molecule has 0 aliphatic carbocycles. The third-order valence-electron chi connectivity index (χ3n) is 2.82. The predicted octanol–water partition coefficient (Wildman–Crippen LogP) is 2.90. The Morgan fingerprint density at radius 3 is 2.43 bits per heavy atom. The number of ketones is 1. The first-order valence-corrected chi connectivity index (χ1v) is 6.84. The summed E-state index contributed by atoms with van der Waals surface area (Å²) in [6, 6.07) is 6.64. The third-order valence-corrected chi connectivity index (χ3v) is 2.82. The van der Waals surface area contributed by atoms with Gasteiger partial charge in [-0.25, -0.2) is 4.79 Å². The fourth-order valence-corrected chi connectivity index (χ4v) is 1.63. The van der Waals surface area contributed by atoms with Gasteiger partial charge in [0.25, 0.3) is 5.78 Å². The Labute approximate surface area is 124 Å². The summed E-state index contributed by atoms with van der Waals surface area (Å²) in [5.74, 6) is -1.52. The van der Waals surface area contributed by atoms with Gasteiger partial charge in [-0.3, -0.25) is 4.79 Å². The van der Waals surface area contributed by atoms with Crippen molar-refractivity contribution in [2.24, 2.45) is 0 Å². The van der Waals surface area contributed by atoms with Gasteiger partial charge in [0.2, 0.25) is 0 Å². The lowest BCUT2D eigenvalue weighted by Crippen LogP contribution is -2.13. The zero-order valence-corrected chi connectivity index (χ0v) is 12.3. The lowest BCUT2D eigenvalue weighted by Gasteiger charge is -2.06. The summed E-state index contributed by atoms with van der Waals surface area (Å²) in [4.78, 5) is 22.2. The van der Waals surface area contributed by atoms with Crippen LogP contribution in [0.4, 0.5) is 0 Å². The number of rotatable bonds is 8. The van der Waals surface area contributed by atoms with Crippen LogP contribution in [0.3, 0.4) is 0 Å². The monoisotopic (exact) mass is 292 g/mol. The number of carbonyl (C=O) groups is 2. The van der Waals surface area contributed by atoms with Crippen LogP contribution in [-0.4, -0.2) is 30.6 Å². The molecule has 0 spiro atoms. The number of methoxy groups -OCH3 is 1. The van der Waals surface area contributed by atoms with Gasteiger partial charge in [-0.05, 0) is 30.7 Å². The standard InChI is InChI=1S/C16H20O5/c1-3-4-5-10-21-13-8-6-12(7-9-13)14(17)11-15(18)16(19)20-2/h6-9,11,17H,3-5,10H2,1-2H3/b14-11-. The molecular formula is C16H20O5. The Hall–Kier alpha value is -2.30. The fourth-order valence-electron chi connectivity index (χ4n) is 1.63. The highest BCUT2D eigenvalue weighted by molar-refractivity contribution is 6.39. The summed E-state index contributed by atoms with van der Waals surface area (Å²) in [6.45, 7) is 2.77. The van der Waals surface area contributed by atoms with E-state index >= 15 is 0 Å². The van der Waals surface area contributed by atoms with E-state index in [1.54, 1.807) is 24.3 Å². The summed E-state index contributed by atoms with van der Waals surface area (Å²) >= 11 is 0. The maximum atomic E-state index is 11.3. The highest BCUT2D eigenvalue weighted by atomic mass is 16.5. The molecule has 0 radical (unpaired) electrons. The van der Waals surface area contributed by atoms with Gasteiger partial charge in [0, 0.05) is 11.6 Å². The van der Waals surface area contributed by atoms with Crippen molar-refractivity contribution >= 4 is 17.5 Å². The van der Waals surface area contributed by atoms with E-state index in [4.69, 9.17) is 4.74 Å². The van der Waals surface area contributed by atoms with Crippen LogP contribution < -0.4 is 4.74 Å². The van der Waals surface area contributed by atoms with Crippen LogP contribution in [-0.2, 0) is 14.3 Å². The van der Waals surface area contributed by atoms with Crippen molar-refractivity contribution in [3.63, 3.8) is 0 Å². The molecule has 0 aromatic heterocycles. The molecule has 1 rings (SSSR count). The molecule has 21 heavy (non-hydrogen) atoms. The zero-order chi connectivity index (χ0) is 15.7. The van der Waals surface area contributed by atoms with Gasteiger partial charge in [0.15, 0.2) is 0 Å². The van der Waals surface area contributed by atoms with Gasteiger partial charge in [-0.15, -0.1) is 0 Å². The Morgan fingerprint density at radius 1 is 1.19 bits per heavy atom. The fraction of sp³-hybridized carbons (Fsp3) is 0.375. The highest BCUT2D eigenvalue weighted by Crippen LogP contribution is 2.17. The van der Waals surface area contributed by atoms with E-state index in [2.05, 4.69) is 11.7 Å². The molecule has 5 nitrogen and oxygen atoms in total. The molecule has 0 saturated carbocycles. The van der Waals surface area contributed by atoms with Crippen LogP contribution in [0, 0.1) is 0 Å². The topological polar surface area (TPSA) is 72.8 Å². The maximum absolute atomic E-state index is 11.3. The van der Waals surface area contributed by atoms with Gasteiger partial charge in [0.05, 0.1) is 13.7 Å². The van der Waals surface area contributed by atoms with E-state index in [9.17, 15) is 14.7 Å². The van der Waals surface area contributed by atoms with E-state index in [1.807, 2.05) is 0 Å². The summed E-state index contributed by atoms with van der Waals surface area (Å²) < 4.78 is 9.81. The quantitative estimate of drug-likeness (QED) is 0.262. The first-order chi connectivity index (χ1) is 10.1. The molecule has 0 aliphatic rings. The normalized spacial score (nSPS) is 11.0. The van der Waals surface area contributed by atoms with Gasteiger partial charge >= 0.3 is 5.97 Å². The number of aliphatic hydroxyl groups is 1. The van der Waals surface area contributed by atoms with Crippen molar-refractivity contribution in [3.05, 3.63) is 35.9 Å². The van der Waals surface area contributed by atoms with Crippen LogP contribution >= 0.6 is 0 Å². The minimum atomic E-state index is -1.02. The number of esters is 1. The smallest absolute Gasteiger partial charge is 0.378 e. The lowest BCUT2D eigenvalue weighted by atomic mass is 10.1. The van der Waals surface area contributed by atoms with Crippen LogP contribution in [0.2, 0.25) is 0 Å². The molecule has 0 aliphatic heterocycles. The number of unbranched alkanes of at least 4 members (excludes halogenated alkanes) is 2. The Morgan fingerprint density at radius 2 is 1.86 bits per heavy atom. The van der Waals surface area contributed by atoms with E-state index in [0.717, 1.165) is 32.4 Å². The summed E-state index contributed by atoms with van der Waals surface area (Å²) in [5, 5.41) is 9.76. The van der Waals surface area contributed by atoms with Crippen molar-refractivity contribution in [3.8, 4) is 5.75 Å². The first kappa shape index (κ1) is 16.8. The zero-order valence-electron chi connectivity index (χ0n) is 12.3. The van der Waals surface area contributed by atoms with Gasteiger partial charge < -0.3 is 14.6 Å². The van der Waals surface area contributed by atoms with Crippen molar-refractivity contribution in [2.75, 3.05) is 13.7 Å². The van der Waals surface area contributed by atoms with Crippen LogP contribution in [0.15, 0.2) is 30.3 Å². The van der Waals surface area contributed by atoms with Crippen LogP contribution in [0.5, 0.6) is 5.75 Å². The molecule has 0 fully saturated rings. The number of aliphatic hydroxyl groups excluding tert-OH is 1. The van der Waals surface area contributed by atoms with Crippen molar-refractivity contribution < 1.29 is 24.2 Å². The molecule has 1 aromatic carbocycles. The molecule has 1 aromatic rings. The van der Waals surface area contributed by atoms with Gasteiger partial charge in [-0.1, -0.05) is 19.8 Å². The molecule has 5 heteroatoms. The van der Waals surface area contributed by atoms with E-state index < -0.39 is 11.8 Å². The second kappa shape index (κ2) is 8.79. The average molecular weight is 292 g/mol. The molecular weight excluding hydrogens is 272 g/mol. The highest BCUT2D eigenvalue weighted by Gasteiger charge is 2.12. The second-order valence-electron chi connectivity index (χ2n) is 4.47. The molecule has 0 unspecified atom stereocenters. The van der Waals surface area contributed by atoms with Crippen molar-refractivity contribution in [1.29, 1.82) is 0 Å². The van der Waals surface area contributed by atoms with E-state index in [1.165, 1.54) is 0 Å². The molecule has 1 N–H and O–H groups in total. The number of benzene rings is 1. The maximum Gasteiger partial charge on any atom is 0.378 e. The molecule has 0 bridgehead atoms. The van der Waals surface area contributed by atoms with E-state index in [0.29, 0.717) is 17.9 Å². The summed E-state index contributed by atoms with van der Waals surface area (Å²) in [5.41, 5.74) is 0.424. The Kier molecular flexibility index (Phi) is 7.01. The van der Waals surface area contributed by atoms with Crippen molar-refractivity contribution in [2.45, 2.75) is 26.2 Å². The number of carbonyl (C=O) groups excluding carboxylic acids is 2. The number of ether oxygens (including phenoxy) is 2. The van der Waals surface area contributed by atoms with Gasteiger partial charge in [-0.2, -0.15) is 0 Å². The summed E-state index contributed by atoms with van der Waals surface area (Å²) in [6.07, 6.45) is 4.09. The average Bonchev–Trinajstić information content (AvgIpc) is 2.51. The second-order valence-corrected chi connectivity index (χ2v) is 4.47. The first-order valence-electron chi connectivity index (χ1n) is 6.84. The summed E-state index contributed by atoms with van der Waals surface area (Å²) in [7, 11) is 1.11. The molecule has 0 atom stereocenters. The Balaban J connectivity index is 2.62. The van der Waals surface area contributed by atoms with Crippen LogP contribution in [0.1, 0.15) is 31.7 Å². The van der Waals surface area contributed by atoms with Crippen molar-refractivity contribution in [1.82, 2.24) is 0 Å². The molecule has 0 heterocycles. The largest absolute Gasteiger partial charge is 0.507 e. The van der Waals surface area contributed by atoms with Gasteiger partial charge in [0.1, 0.15) is 11.5 Å². The minimum absolute atomic E-state index is 0.289. The predicted molar refractivity (Wildman–Crippen MR) is 79.1 cm³/mol.